The molecular weight excluding hydrogens is 1220 g/mol. The molecule has 0 saturated heterocycles. The van der Waals surface area contributed by atoms with E-state index in [2.05, 4.69) is 41.5 Å². The second-order valence-electron chi connectivity index (χ2n) is 27.4. The minimum Gasteiger partial charge on any atom is -0.462 e. The van der Waals surface area contributed by atoms with Crippen molar-refractivity contribution < 1.29 is 80.2 Å². The third kappa shape index (κ3) is 67.0. The van der Waals surface area contributed by atoms with Gasteiger partial charge in [-0.15, -0.1) is 0 Å². The quantitative estimate of drug-likeness (QED) is 0.0222. The van der Waals surface area contributed by atoms with Crippen molar-refractivity contribution in [3.8, 4) is 0 Å². The Balaban J connectivity index is 5.26. The molecular formula is C74H144O17P2. The number of esters is 4. The van der Waals surface area contributed by atoms with Gasteiger partial charge in [-0.1, -0.05) is 330 Å². The number of carbonyl (C=O) groups is 4. The molecule has 0 radical (unpaired) electrons. The second-order valence-corrected chi connectivity index (χ2v) is 30.3. The van der Waals surface area contributed by atoms with Crippen molar-refractivity contribution in [1.29, 1.82) is 0 Å². The lowest BCUT2D eigenvalue weighted by molar-refractivity contribution is -0.161. The molecule has 0 aliphatic rings. The molecule has 552 valence electrons. The molecule has 17 nitrogen and oxygen atoms in total. The third-order valence-corrected chi connectivity index (χ3v) is 19.5. The molecule has 0 aromatic carbocycles. The first-order chi connectivity index (χ1) is 44.9. The molecule has 0 aromatic heterocycles. The summed E-state index contributed by atoms with van der Waals surface area (Å²) >= 11 is 0. The van der Waals surface area contributed by atoms with Gasteiger partial charge in [0.15, 0.2) is 12.2 Å². The van der Waals surface area contributed by atoms with Crippen molar-refractivity contribution in [2.45, 2.75) is 400 Å². The van der Waals surface area contributed by atoms with Crippen LogP contribution in [0.3, 0.4) is 0 Å². The molecule has 0 aliphatic carbocycles. The Morgan fingerprint density at radius 3 is 0.817 bits per heavy atom. The fourth-order valence-corrected chi connectivity index (χ4v) is 12.8. The van der Waals surface area contributed by atoms with Crippen molar-refractivity contribution in [3.05, 3.63) is 0 Å². The summed E-state index contributed by atoms with van der Waals surface area (Å²) in [5.74, 6) is -0.615. The van der Waals surface area contributed by atoms with E-state index >= 15 is 0 Å². The maximum atomic E-state index is 13.1. The number of phosphoric acid groups is 2. The summed E-state index contributed by atoms with van der Waals surface area (Å²) in [5.41, 5.74) is 0. The third-order valence-electron chi connectivity index (χ3n) is 17.6. The van der Waals surface area contributed by atoms with Crippen LogP contribution in [-0.2, 0) is 65.4 Å². The summed E-state index contributed by atoms with van der Waals surface area (Å²) < 4.78 is 68.5. The smallest absolute Gasteiger partial charge is 0.462 e. The van der Waals surface area contributed by atoms with Crippen LogP contribution in [-0.4, -0.2) is 96.7 Å². The number of hydrogen-bond donors (Lipinski definition) is 3. The van der Waals surface area contributed by atoms with E-state index in [1.165, 1.54) is 193 Å². The Hall–Kier alpha value is -1.94. The molecule has 0 aromatic rings. The Kier molecular flexibility index (Phi) is 64.6. The first-order valence-electron chi connectivity index (χ1n) is 38.5. The fourth-order valence-electron chi connectivity index (χ4n) is 11.3. The van der Waals surface area contributed by atoms with Gasteiger partial charge in [-0.2, -0.15) is 0 Å². The van der Waals surface area contributed by atoms with Gasteiger partial charge in [-0.3, -0.25) is 37.3 Å². The molecule has 0 saturated carbocycles. The molecule has 0 fully saturated rings. The molecule has 6 atom stereocenters. The molecule has 3 N–H and O–H groups in total. The normalized spacial score (nSPS) is 14.3. The summed E-state index contributed by atoms with van der Waals surface area (Å²) in [6.45, 7) is 9.55. The van der Waals surface area contributed by atoms with E-state index in [4.69, 9.17) is 37.0 Å². The first kappa shape index (κ1) is 91.1. The summed E-state index contributed by atoms with van der Waals surface area (Å²) in [4.78, 5) is 72.7. The lowest BCUT2D eigenvalue weighted by Crippen LogP contribution is -2.30. The summed E-state index contributed by atoms with van der Waals surface area (Å²) in [7, 11) is -9.91. The first-order valence-corrected chi connectivity index (χ1v) is 41.5. The highest BCUT2D eigenvalue weighted by Gasteiger charge is 2.30. The van der Waals surface area contributed by atoms with Crippen LogP contribution in [0.2, 0.25) is 0 Å². The highest BCUT2D eigenvalue weighted by atomic mass is 31.2. The van der Waals surface area contributed by atoms with Gasteiger partial charge in [0.05, 0.1) is 26.4 Å². The van der Waals surface area contributed by atoms with E-state index in [-0.39, 0.29) is 25.7 Å². The highest BCUT2D eigenvalue weighted by molar-refractivity contribution is 7.47. The molecule has 0 bridgehead atoms. The number of rotatable bonds is 73. The van der Waals surface area contributed by atoms with Crippen molar-refractivity contribution in [2.24, 2.45) is 11.8 Å². The van der Waals surface area contributed by atoms with Crippen molar-refractivity contribution in [2.75, 3.05) is 39.6 Å². The van der Waals surface area contributed by atoms with Crippen LogP contribution in [0.5, 0.6) is 0 Å². The Morgan fingerprint density at radius 2 is 0.548 bits per heavy atom. The fraction of sp³-hybridized carbons (Fsp3) is 0.946. The summed E-state index contributed by atoms with van der Waals surface area (Å²) in [6.07, 6.45) is 52.6. The number of aliphatic hydroxyl groups excluding tert-OH is 1. The molecule has 93 heavy (non-hydrogen) atoms. The van der Waals surface area contributed by atoms with Crippen LogP contribution in [0.15, 0.2) is 0 Å². The van der Waals surface area contributed by atoms with Gasteiger partial charge in [0.1, 0.15) is 19.3 Å². The zero-order chi connectivity index (χ0) is 68.6. The highest BCUT2D eigenvalue weighted by Crippen LogP contribution is 2.45. The molecule has 0 amide bonds. The number of aliphatic hydroxyl groups is 1. The molecule has 0 aliphatic heterocycles. The van der Waals surface area contributed by atoms with Gasteiger partial charge in [-0.25, -0.2) is 9.13 Å². The molecule has 0 spiro atoms. The van der Waals surface area contributed by atoms with Crippen molar-refractivity contribution >= 4 is 39.5 Å². The van der Waals surface area contributed by atoms with E-state index in [9.17, 15) is 43.2 Å². The number of unbranched alkanes of at least 4 members (excludes halogenated alkanes) is 42. The van der Waals surface area contributed by atoms with E-state index < -0.39 is 97.5 Å². The topological polar surface area (TPSA) is 237 Å². The monoisotopic (exact) mass is 1370 g/mol. The maximum absolute atomic E-state index is 13.1. The Morgan fingerprint density at radius 1 is 0.312 bits per heavy atom. The molecule has 0 rings (SSSR count). The van der Waals surface area contributed by atoms with Crippen LogP contribution in [0.25, 0.3) is 0 Å². The summed E-state index contributed by atoms with van der Waals surface area (Å²) in [6, 6.07) is 0. The van der Waals surface area contributed by atoms with Crippen LogP contribution in [0.4, 0.5) is 0 Å². The minimum atomic E-state index is -4.96. The number of carbonyl (C=O) groups excluding carboxylic acids is 4. The average molecular weight is 1370 g/mol. The average Bonchev–Trinajstić information content (AvgIpc) is 1.76. The second kappa shape index (κ2) is 66.0. The van der Waals surface area contributed by atoms with Gasteiger partial charge < -0.3 is 33.8 Å². The van der Waals surface area contributed by atoms with Gasteiger partial charge in [0.25, 0.3) is 0 Å². The van der Waals surface area contributed by atoms with E-state index in [0.29, 0.717) is 25.7 Å². The van der Waals surface area contributed by atoms with Gasteiger partial charge in [-0.05, 0) is 37.5 Å². The van der Waals surface area contributed by atoms with Gasteiger partial charge in [0, 0.05) is 25.7 Å². The summed E-state index contributed by atoms with van der Waals surface area (Å²) in [5, 5.41) is 10.6. The molecule has 19 heteroatoms. The van der Waals surface area contributed by atoms with Crippen LogP contribution >= 0.6 is 15.6 Å². The van der Waals surface area contributed by atoms with E-state index in [1.54, 1.807) is 0 Å². The SMILES string of the molecule is CCCCCCCCCCCCCCCCCCC(=O)O[C@H](COC(=O)CCCCCCCCCCCCCC(C)C)COP(=O)(O)OC[C@@H](O)COP(=O)(O)OC[C@@H](COC(=O)CCCCCCCCC(C)CC)OC(=O)CCCCCCCCCCCCCCC. The Bertz CT molecular complexity index is 1810. The van der Waals surface area contributed by atoms with Crippen molar-refractivity contribution in [1.82, 2.24) is 0 Å². The van der Waals surface area contributed by atoms with E-state index in [1.807, 2.05) is 0 Å². The predicted octanol–water partition coefficient (Wildman–Crippen LogP) is 21.6. The lowest BCUT2D eigenvalue weighted by Gasteiger charge is -2.21. The number of phosphoric ester groups is 2. The standard InChI is InChI=1S/C74H144O17P2/c1-7-10-12-14-16-18-20-22-23-24-26-30-35-39-47-53-59-73(78)90-69(62-84-71(76)56-50-44-37-33-31-27-28-32-36-42-48-54-66(4)5)64-88-92(80,81)86-60-68(75)61-87-93(82,83)89-65-70(63-85-72(77)57-51-45-41-40-43-49-55-67(6)9-3)91-74(79)58-52-46-38-34-29-25-21-19-17-15-13-11-8-2/h66-70,75H,7-65H2,1-6H3,(H,80,81)(H,82,83)/t67?,68-,69-,70-/m1/s1. The van der Waals surface area contributed by atoms with E-state index in [0.717, 1.165) is 108 Å². The Labute approximate surface area is 568 Å². The predicted molar refractivity (Wildman–Crippen MR) is 377 cm³/mol. The van der Waals surface area contributed by atoms with Crippen LogP contribution in [0, 0.1) is 11.8 Å². The van der Waals surface area contributed by atoms with Gasteiger partial charge in [0.2, 0.25) is 0 Å². The van der Waals surface area contributed by atoms with Crippen molar-refractivity contribution in [3.63, 3.8) is 0 Å². The van der Waals surface area contributed by atoms with Crippen LogP contribution < -0.4 is 0 Å². The zero-order valence-corrected chi connectivity index (χ0v) is 62.3. The minimum absolute atomic E-state index is 0.107. The number of hydrogen-bond acceptors (Lipinski definition) is 15. The molecule has 3 unspecified atom stereocenters. The molecule has 0 heterocycles. The lowest BCUT2D eigenvalue weighted by atomic mass is 10.00. The van der Waals surface area contributed by atoms with Crippen LogP contribution in [0.1, 0.15) is 382 Å². The zero-order valence-electron chi connectivity index (χ0n) is 60.6. The number of ether oxygens (including phenoxy) is 4. The van der Waals surface area contributed by atoms with Gasteiger partial charge >= 0.3 is 39.5 Å². The maximum Gasteiger partial charge on any atom is 0.472 e. The largest absolute Gasteiger partial charge is 0.472 e.